The summed E-state index contributed by atoms with van der Waals surface area (Å²) in [4.78, 5) is 16.6. The molecule has 4 aromatic rings. The number of fused-ring (bicyclic) bond motifs is 1. The van der Waals surface area contributed by atoms with E-state index in [1.807, 2.05) is 47.0 Å². The van der Waals surface area contributed by atoms with Gasteiger partial charge < -0.3 is 9.14 Å². The predicted octanol–water partition coefficient (Wildman–Crippen LogP) is 4.87. The van der Waals surface area contributed by atoms with Gasteiger partial charge in [0.1, 0.15) is 18.2 Å². The van der Waals surface area contributed by atoms with Gasteiger partial charge in [-0.05, 0) is 42.3 Å². The molecule has 0 aliphatic rings. The number of ketones is 1. The maximum atomic E-state index is 13.7. The summed E-state index contributed by atoms with van der Waals surface area (Å²) in [6.45, 7) is 0.167. The van der Waals surface area contributed by atoms with Crippen molar-refractivity contribution in [1.82, 2.24) is 9.38 Å². The summed E-state index contributed by atoms with van der Waals surface area (Å²) in [6.07, 6.45) is 6.29. The van der Waals surface area contributed by atoms with Gasteiger partial charge in [-0.1, -0.05) is 30.3 Å². The fourth-order valence-corrected chi connectivity index (χ4v) is 3.06. The summed E-state index contributed by atoms with van der Waals surface area (Å²) in [5.41, 5.74) is 3.09. The smallest absolute Gasteiger partial charge is 0.163 e. The van der Waals surface area contributed by atoms with Crippen molar-refractivity contribution in [2.75, 3.05) is 0 Å². The third-order valence-corrected chi connectivity index (χ3v) is 4.63. The summed E-state index contributed by atoms with van der Waals surface area (Å²) in [7, 11) is 0. The number of Topliss-reactive ketones (excluding diaryl/α,β-unsaturated/α-hetero) is 1. The summed E-state index contributed by atoms with van der Waals surface area (Å²) in [6, 6.07) is 17.8. The van der Waals surface area contributed by atoms with E-state index in [2.05, 4.69) is 4.98 Å². The molecule has 140 valence electrons. The molecular weight excluding hydrogens is 355 g/mol. The van der Waals surface area contributed by atoms with Crippen LogP contribution in [0.3, 0.4) is 0 Å². The summed E-state index contributed by atoms with van der Waals surface area (Å²) >= 11 is 0. The van der Waals surface area contributed by atoms with Gasteiger partial charge in [-0.3, -0.25) is 4.79 Å². The van der Waals surface area contributed by atoms with Gasteiger partial charge in [0.05, 0.1) is 18.0 Å². The maximum Gasteiger partial charge on any atom is 0.163 e. The number of aromatic nitrogens is 2. The SMILES string of the molecule is O=C(CCc1cccc(OCc2ccccc2F)c1)c1ccn2cncc2c1. The van der Waals surface area contributed by atoms with Crippen LogP contribution in [0.5, 0.6) is 5.75 Å². The molecule has 2 heterocycles. The molecule has 0 unspecified atom stereocenters. The molecule has 0 N–H and O–H groups in total. The molecule has 0 saturated heterocycles. The first kappa shape index (κ1) is 17.9. The van der Waals surface area contributed by atoms with Crippen LogP contribution in [0.4, 0.5) is 4.39 Å². The number of hydrogen-bond acceptors (Lipinski definition) is 3. The normalized spacial score (nSPS) is 10.9. The highest BCUT2D eigenvalue weighted by Crippen LogP contribution is 2.18. The molecule has 2 aromatic heterocycles. The summed E-state index contributed by atoms with van der Waals surface area (Å²) < 4.78 is 21.3. The van der Waals surface area contributed by atoms with Crippen LogP contribution in [0, 0.1) is 5.82 Å². The molecule has 0 saturated carbocycles. The Morgan fingerprint density at radius 2 is 1.96 bits per heavy atom. The van der Waals surface area contributed by atoms with Crippen LogP contribution in [-0.2, 0) is 13.0 Å². The zero-order valence-electron chi connectivity index (χ0n) is 15.2. The van der Waals surface area contributed by atoms with E-state index < -0.39 is 0 Å². The van der Waals surface area contributed by atoms with Crippen molar-refractivity contribution in [2.45, 2.75) is 19.4 Å². The fraction of sp³-hybridized carbons (Fsp3) is 0.130. The van der Waals surface area contributed by atoms with E-state index in [0.29, 0.717) is 29.7 Å². The molecule has 4 rings (SSSR count). The standard InChI is InChI=1S/C23H19FN2O2/c24-22-7-2-1-5-19(22)15-28-21-6-3-4-17(12-21)8-9-23(27)18-10-11-26-16-25-14-20(26)13-18/h1-7,10-14,16H,8-9,15H2. The van der Waals surface area contributed by atoms with Crippen LogP contribution < -0.4 is 4.74 Å². The lowest BCUT2D eigenvalue weighted by molar-refractivity contribution is 0.0983. The van der Waals surface area contributed by atoms with Gasteiger partial charge in [0.2, 0.25) is 0 Å². The molecule has 0 spiro atoms. The summed E-state index contributed by atoms with van der Waals surface area (Å²) in [5, 5.41) is 0. The van der Waals surface area contributed by atoms with E-state index in [-0.39, 0.29) is 18.2 Å². The first-order valence-electron chi connectivity index (χ1n) is 9.09. The number of halogens is 1. The zero-order valence-corrected chi connectivity index (χ0v) is 15.2. The van der Waals surface area contributed by atoms with Crippen LogP contribution in [-0.4, -0.2) is 15.2 Å². The molecular formula is C23H19FN2O2. The van der Waals surface area contributed by atoms with Crippen molar-refractivity contribution in [3.05, 3.63) is 102 Å². The van der Waals surface area contributed by atoms with E-state index >= 15 is 0 Å². The number of pyridine rings is 1. The number of hydrogen-bond donors (Lipinski definition) is 0. The summed E-state index contributed by atoms with van der Waals surface area (Å²) in [5.74, 6) is 0.467. The second-order valence-corrected chi connectivity index (χ2v) is 6.59. The quantitative estimate of drug-likeness (QED) is 0.434. The number of aryl methyl sites for hydroxylation is 1. The van der Waals surface area contributed by atoms with Gasteiger partial charge in [0, 0.05) is 23.7 Å². The third kappa shape index (κ3) is 4.09. The second kappa shape index (κ2) is 8.05. The van der Waals surface area contributed by atoms with E-state index in [1.165, 1.54) is 6.07 Å². The molecule has 0 aliphatic heterocycles. The Balaban J connectivity index is 1.37. The Labute approximate surface area is 162 Å². The third-order valence-electron chi connectivity index (χ3n) is 4.63. The van der Waals surface area contributed by atoms with Crippen LogP contribution >= 0.6 is 0 Å². The fourth-order valence-electron chi connectivity index (χ4n) is 3.06. The lowest BCUT2D eigenvalue weighted by atomic mass is 10.0. The number of carbonyl (C=O) groups excluding carboxylic acids is 1. The van der Waals surface area contributed by atoms with Crippen LogP contribution in [0.1, 0.15) is 27.9 Å². The number of rotatable bonds is 7. The van der Waals surface area contributed by atoms with Crippen molar-refractivity contribution >= 4 is 11.3 Å². The van der Waals surface area contributed by atoms with Gasteiger partial charge >= 0.3 is 0 Å². The monoisotopic (exact) mass is 374 g/mol. The number of nitrogens with zero attached hydrogens (tertiary/aromatic N) is 2. The van der Waals surface area contributed by atoms with Crippen molar-refractivity contribution in [2.24, 2.45) is 0 Å². The minimum Gasteiger partial charge on any atom is -0.489 e. The van der Waals surface area contributed by atoms with Gasteiger partial charge in [0.15, 0.2) is 5.78 Å². The lowest BCUT2D eigenvalue weighted by Gasteiger charge is -2.09. The van der Waals surface area contributed by atoms with Crippen molar-refractivity contribution in [3.8, 4) is 5.75 Å². The second-order valence-electron chi connectivity index (χ2n) is 6.59. The first-order chi connectivity index (χ1) is 13.7. The van der Waals surface area contributed by atoms with Crippen LogP contribution in [0.2, 0.25) is 0 Å². The molecule has 2 aromatic carbocycles. The minimum absolute atomic E-state index is 0.0846. The number of benzene rings is 2. The molecule has 28 heavy (non-hydrogen) atoms. The number of ether oxygens (including phenoxy) is 1. The molecule has 0 aliphatic carbocycles. The van der Waals surface area contributed by atoms with E-state index in [1.54, 1.807) is 30.7 Å². The van der Waals surface area contributed by atoms with Gasteiger partial charge in [-0.15, -0.1) is 0 Å². The Hall–Kier alpha value is -3.47. The molecule has 0 bridgehead atoms. The van der Waals surface area contributed by atoms with Gasteiger partial charge in [0.25, 0.3) is 0 Å². The number of carbonyl (C=O) groups is 1. The average molecular weight is 374 g/mol. The molecule has 0 atom stereocenters. The average Bonchev–Trinajstić information content (AvgIpc) is 3.19. The minimum atomic E-state index is -0.278. The Morgan fingerprint density at radius 3 is 2.86 bits per heavy atom. The van der Waals surface area contributed by atoms with E-state index in [9.17, 15) is 9.18 Å². The molecule has 0 radical (unpaired) electrons. The number of imidazole rings is 1. The maximum absolute atomic E-state index is 13.7. The van der Waals surface area contributed by atoms with Crippen LogP contribution in [0.25, 0.3) is 5.52 Å². The zero-order chi connectivity index (χ0) is 19.3. The van der Waals surface area contributed by atoms with Crippen molar-refractivity contribution < 1.29 is 13.9 Å². The lowest BCUT2D eigenvalue weighted by Crippen LogP contribution is -2.02. The van der Waals surface area contributed by atoms with Crippen LogP contribution in [0.15, 0.2) is 79.4 Å². The predicted molar refractivity (Wildman–Crippen MR) is 105 cm³/mol. The molecule has 4 nitrogen and oxygen atoms in total. The topological polar surface area (TPSA) is 43.6 Å². The molecule has 0 amide bonds. The highest BCUT2D eigenvalue weighted by Gasteiger charge is 2.08. The van der Waals surface area contributed by atoms with E-state index in [0.717, 1.165) is 11.1 Å². The Morgan fingerprint density at radius 1 is 1.07 bits per heavy atom. The van der Waals surface area contributed by atoms with E-state index in [4.69, 9.17) is 4.74 Å². The first-order valence-corrected chi connectivity index (χ1v) is 9.09. The Kier molecular flexibility index (Phi) is 5.15. The van der Waals surface area contributed by atoms with Crippen molar-refractivity contribution in [1.29, 1.82) is 0 Å². The largest absolute Gasteiger partial charge is 0.489 e. The molecule has 0 fully saturated rings. The highest BCUT2D eigenvalue weighted by molar-refractivity contribution is 5.97. The van der Waals surface area contributed by atoms with Gasteiger partial charge in [-0.25, -0.2) is 9.37 Å². The highest BCUT2D eigenvalue weighted by atomic mass is 19.1. The van der Waals surface area contributed by atoms with Gasteiger partial charge in [-0.2, -0.15) is 0 Å². The Bertz CT molecular complexity index is 1120. The molecule has 5 heteroatoms. The van der Waals surface area contributed by atoms with Crippen molar-refractivity contribution in [3.63, 3.8) is 0 Å².